The Hall–Kier alpha value is -0.810. The number of nitrogens with zero attached hydrogens (tertiary/aromatic N) is 3. The number of nitrogens with one attached hydrogen (secondary N) is 1. The number of hydrogen-bond donors (Lipinski definition) is 1. The van der Waals surface area contributed by atoms with Gasteiger partial charge in [-0.1, -0.05) is 26.7 Å². The van der Waals surface area contributed by atoms with Crippen molar-refractivity contribution in [2.75, 3.05) is 46.9 Å². The van der Waals surface area contributed by atoms with Crippen LogP contribution in [0.5, 0.6) is 0 Å². The van der Waals surface area contributed by atoms with Crippen LogP contribution >= 0.6 is 0 Å². The first-order chi connectivity index (χ1) is 11.6. The van der Waals surface area contributed by atoms with Gasteiger partial charge in [0.1, 0.15) is 0 Å². The molecule has 0 amide bonds. The van der Waals surface area contributed by atoms with Gasteiger partial charge >= 0.3 is 0 Å². The molecule has 24 heavy (non-hydrogen) atoms. The Kier molecular flexibility index (Phi) is 10.3. The van der Waals surface area contributed by atoms with E-state index in [2.05, 4.69) is 56.9 Å². The summed E-state index contributed by atoms with van der Waals surface area (Å²) < 4.78 is 5.77. The third kappa shape index (κ3) is 6.60. The number of rotatable bonds is 9. The van der Waals surface area contributed by atoms with E-state index in [0.29, 0.717) is 18.1 Å². The Labute approximate surface area is 149 Å². The first kappa shape index (κ1) is 21.2. The second-order valence-corrected chi connectivity index (χ2v) is 6.94. The number of piperidine rings is 1. The highest BCUT2D eigenvalue weighted by atomic mass is 16.5. The van der Waals surface area contributed by atoms with E-state index >= 15 is 0 Å². The van der Waals surface area contributed by atoms with Gasteiger partial charge in [0, 0.05) is 32.3 Å². The van der Waals surface area contributed by atoms with Crippen molar-refractivity contribution in [2.45, 2.75) is 65.5 Å². The number of likely N-dealkylation sites (N-methyl/N-ethyl adjacent to an activating group) is 1. The Morgan fingerprint density at radius 2 is 1.79 bits per heavy atom. The van der Waals surface area contributed by atoms with E-state index in [0.717, 1.165) is 51.6 Å². The molecule has 5 heteroatoms. The monoisotopic (exact) mass is 340 g/mol. The van der Waals surface area contributed by atoms with Crippen LogP contribution in [0.1, 0.15) is 53.4 Å². The fraction of sp³-hybridized carbons (Fsp3) is 0.947. The smallest absolute Gasteiger partial charge is 0.193 e. The van der Waals surface area contributed by atoms with Crippen molar-refractivity contribution in [1.82, 2.24) is 15.1 Å². The average Bonchev–Trinajstić information content (AvgIpc) is 2.58. The third-order valence-electron chi connectivity index (χ3n) is 5.16. The molecule has 1 saturated heterocycles. The molecular weight excluding hydrogens is 300 g/mol. The Balaban J connectivity index is 2.70. The molecular formula is C19H40N4O. The molecule has 5 nitrogen and oxygen atoms in total. The van der Waals surface area contributed by atoms with E-state index in [-0.39, 0.29) is 0 Å². The molecule has 1 N–H and O–H groups in total. The van der Waals surface area contributed by atoms with Gasteiger partial charge in [0.15, 0.2) is 5.96 Å². The number of aliphatic imine (C=N–C) groups is 1. The third-order valence-corrected chi connectivity index (χ3v) is 5.16. The molecule has 0 aromatic heterocycles. The first-order valence-corrected chi connectivity index (χ1v) is 9.88. The summed E-state index contributed by atoms with van der Waals surface area (Å²) in [6.07, 6.45) is 5.05. The van der Waals surface area contributed by atoms with Crippen molar-refractivity contribution in [2.24, 2.45) is 10.9 Å². The largest absolute Gasteiger partial charge is 0.378 e. The molecule has 1 aliphatic heterocycles. The van der Waals surface area contributed by atoms with Crippen molar-refractivity contribution < 1.29 is 4.74 Å². The molecule has 0 spiro atoms. The Morgan fingerprint density at radius 1 is 1.17 bits per heavy atom. The maximum atomic E-state index is 5.77. The lowest BCUT2D eigenvalue weighted by molar-refractivity contribution is 0.0263. The minimum absolute atomic E-state index is 0.424. The molecule has 0 aliphatic carbocycles. The van der Waals surface area contributed by atoms with Gasteiger partial charge in [0.25, 0.3) is 0 Å². The summed E-state index contributed by atoms with van der Waals surface area (Å²) >= 11 is 0. The standard InChI is InChI=1S/C19H40N4O/c1-7-16(8-2)18(22(5)6)15-21-19(20-9-3)23-13-11-17(12-14-23)24-10-4/h16-18H,7-15H2,1-6H3,(H,20,21). The van der Waals surface area contributed by atoms with Crippen LogP contribution in [0, 0.1) is 5.92 Å². The maximum Gasteiger partial charge on any atom is 0.193 e. The van der Waals surface area contributed by atoms with Crippen LogP contribution in [0.4, 0.5) is 0 Å². The minimum atomic E-state index is 0.424. The number of ether oxygens (including phenoxy) is 1. The van der Waals surface area contributed by atoms with E-state index in [1.165, 1.54) is 12.8 Å². The molecule has 1 heterocycles. The lowest BCUT2D eigenvalue weighted by Gasteiger charge is -2.35. The van der Waals surface area contributed by atoms with E-state index in [9.17, 15) is 0 Å². The first-order valence-electron chi connectivity index (χ1n) is 9.88. The molecule has 1 aliphatic rings. The van der Waals surface area contributed by atoms with Crippen LogP contribution < -0.4 is 5.32 Å². The van der Waals surface area contributed by atoms with Gasteiger partial charge in [0.05, 0.1) is 12.6 Å². The fourth-order valence-electron chi connectivity index (χ4n) is 3.64. The zero-order valence-corrected chi connectivity index (χ0v) is 16.8. The van der Waals surface area contributed by atoms with Gasteiger partial charge in [-0.25, -0.2) is 0 Å². The number of guanidine groups is 1. The van der Waals surface area contributed by atoms with Gasteiger partial charge in [-0.2, -0.15) is 0 Å². The van der Waals surface area contributed by atoms with Crippen LogP contribution in [0.25, 0.3) is 0 Å². The molecule has 0 aromatic rings. The summed E-state index contributed by atoms with van der Waals surface area (Å²) in [5.41, 5.74) is 0. The van der Waals surface area contributed by atoms with E-state index in [1.807, 2.05) is 0 Å². The highest BCUT2D eigenvalue weighted by Gasteiger charge is 2.23. The Morgan fingerprint density at radius 3 is 2.25 bits per heavy atom. The molecule has 0 saturated carbocycles. The normalized spacial score (nSPS) is 18.5. The van der Waals surface area contributed by atoms with Crippen molar-refractivity contribution in [1.29, 1.82) is 0 Å². The van der Waals surface area contributed by atoms with Gasteiger partial charge in [0.2, 0.25) is 0 Å². The van der Waals surface area contributed by atoms with Gasteiger partial charge in [-0.3, -0.25) is 4.99 Å². The van der Waals surface area contributed by atoms with Gasteiger partial charge < -0.3 is 19.9 Å². The highest BCUT2D eigenvalue weighted by Crippen LogP contribution is 2.18. The number of likely N-dealkylation sites (tertiary alicyclic amines) is 1. The summed E-state index contributed by atoms with van der Waals surface area (Å²) in [5.74, 6) is 1.78. The van der Waals surface area contributed by atoms with Crippen LogP contribution in [0.15, 0.2) is 4.99 Å². The lowest BCUT2D eigenvalue weighted by atomic mass is 9.93. The molecule has 1 atom stereocenters. The number of hydrogen-bond acceptors (Lipinski definition) is 3. The van der Waals surface area contributed by atoms with Crippen molar-refractivity contribution >= 4 is 5.96 Å². The van der Waals surface area contributed by atoms with E-state index in [4.69, 9.17) is 9.73 Å². The summed E-state index contributed by atoms with van der Waals surface area (Å²) in [5, 5.41) is 3.48. The predicted octanol–water partition coefficient (Wildman–Crippen LogP) is 2.82. The molecule has 1 rings (SSSR count). The highest BCUT2D eigenvalue weighted by molar-refractivity contribution is 5.80. The second kappa shape index (κ2) is 11.7. The molecule has 1 unspecified atom stereocenters. The zero-order chi connectivity index (χ0) is 17.9. The molecule has 0 radical (unpaired) electrons. The van der Waals surface area contributed by atoms with Crippen LogP contribution in [0.2, 0.25) is 0 Å². The lowest BCUT2D eigenvalue weighted by Crippen LogP contribution is -2.48. The summed E-state index contributed by atoms with van der Waals surface area (Å²) in [7, 11) is 4.36. The van der Waals surface area contributed by atoms with E-state index < -0.39 is 0 Å². The topological polar surface area (TPSA) is 40.1 Å². The molecule has 0 aromatic carbocycles. The summed E-state index contributed by atoms with van der Waals surface area (Å²) in [6, 6.07) is 0.509. The zero-order valence-electron chi connectivity index (χ0n) is 16.8. The molecule has 142 valence electrons. The van der Waals surface area contributed by atoms with Gasteiger partial charge in [-0.15, -0.1) is 0 Å². The second-order valence-electron chi connectivity index (χ2n) is 6.94. The van der Waals surface area contributed by atoms with Crippen molar-refractivity contribution in [3.63, 3.8) is 0 Å². The Bertz CT molecular complexity index is 347. The van der Waals surface area contributed by atoms with Crippen LogP contribution in [-0.2, 0) is 4.74 Å². The quantitative estimate of drug-likeness (QED) is 0.517. The van der Waals surface area contributed by atoms with Crippen LogP contribution in [0.3, 0.4) is 0 Å². The van der Waals surface area contributed by atoms with Crippen LogP contribution in [-0.4, -0.2) is 74.8 Å². The maximum absolute atomic E-state index is 5.77. The molecule has 0 bridgehead atoms. The van der Waals surface area contributed by atoms with Crippen molar-refractivity contribution in [3.8, 4) is 0 Å². The van der Waals surface area contributed by atoms with Crippen molar-refractivity contribution in [3.05, 3.63) is 0 Å². The predicted molar refractivity (Wildman–Crippen MR) is 104 cm³/mol. The minimum Gasteiger partial charge on any atom is -0.378 e. The average molecular weight is 341 g/mol. The van der Waals surface area contributed by atoms with E-state index in [1.54, 1.807) is 0 Å². The SMILES string of the molecule is CCNC(=NCC(C(CC)CC)N(C)C)N1CCC(OCC)CC1. The summed E-state index contributed by atoms with van der Waals surface area (Å²) in [6.45, 7) is 13.5. The summed E-state index contributed by atoms with van der Waals surface area (Å²) in [4.78, 5) is 9.74. The molecule has 1 fully saturated rings. The fourth-order valence-corrected chi connectivity index (χ4v) is 3.64. The van der Waals surface area contributed by atoms with Gasteiger partial charge in [-0.05, 0) is 46.7 Å².